The Morgan fingerprint density at radius 3 is 2.16 bits per heavy atom. The van der Waals surface area contributed by atoms with Gasteiger partial charge in [-0.3, -0.25) is 4.40 Å². The van der Waals surface area contributed by atoms with Crippen molar-refractivity contribution in [3.63, 3.8) is 0 Å². The number of aromatic nitrogens is 2. The summed E-state index contributed by atoms with van der Waals surface area (Å²) in [7, 11) is -0.537. The third kappa shape index (κ3) is 2.30. The first-order valence-electron chi connectivity index (χ1n) is 10.5. The molecule has 4 nitrogen and oxygen atoms in total. The summed E-state index contributed by atoms with van der Waals surface area (Å²) < 4.78 is 13.8. The molecule has 2 aromatic heterocycles. The molecule has 1 fully saturated rings. The smallest absolute Gasteiger partial charge is 0.520 e. The maximum absolute atomic E-state index is 5.80. The van der Waals surface area contributed by atoms with Gasteiger partial charge < -0.3 is 9.31 Å². The predicted octanol–water partition coefficient (Wildman–Crippen LogP) is 5.72. The van der Waals surface area contributed by atoms with Crippen LogP contribution in [0.25, 0.3) is 49.1 Å². The molecule has 7 rings (SSSR count). The molecule has 0 saturated carbocycles. The Morgan fingerprint density at radius 2 is 1.38 bits per heavy atom. The molecule has 0 N–H and O–H groups in total. The maximum atomic E-state index is 5.80. The van der Waals surface area contributed by atoms with E-state index in [0.717, 1.165) is 43.8 Å². The van der Waals surface area contributed by atoms with E-state index in [1.54, 1.807) is 0 Å². The lowest BCUT2D eigenvalue weighted by molar-refractivity contribution is 0.431. The maximum Gasteiger partial charge on any atom is 0.632 e. The first kappa shape index (κ1) is 17.4. The zero-order chi connectivity index (χ0) is 21.4. The molecule has 1 saturated heterocycles. The minimum absolute atomic E-state index is 0.474. The van der Waals surface area contributed by atoms with E-state index < -0.39 is 7.12 Å². The zero-order valence-electron chi connectivity index (χ0n) is 17.2. The Bertz CT molecular complexity index is 1770. The van der Waals surface area contributed by atoms with E-state index in [1.165, 1.54) is 10.8 Å². The fourth-order valence-corrected chi connectivity index (χ4v) is 4.76. The fourth-order valence-electron chi connectivity index (χ4n) is 4.76. The summed E-state index contributed by atoms with van der Waals surface area (Å²) in [6.45, 7) is 7.73. The molecule has 4 aromatic carbocycles. The number of pyridine rings is 1. The molecule has 0 unspecified atom stereocenters. The van der Waals surface area contributed by atoms with Crippen LogP contribution >= 0.6 is 0 Å². The molecule has 0 spiro atoms. The summed E-state index contributed by atoms with van der Waals surface area (Å²) in [4.78, 5) is 5.01. The highest BCUT2D eigenvalue weighted by molar-refractivity contribution is 6.63. The molecule has 1 aliphatic heterocycles. The minimum Gasteiger partial charge on any atom is -0.520 e. The van der Waals surface area contributed by atoms with E-state index in [-0.39, 0.29) is 0 Å². The van der Waals surface area contributed by atoms with E-state index in [1.807, 2.05) is 12.1 Å². The van der Waals surface area contributed by atoms with Gasteiger partial charge in [-0.2, -0.15) is 0 Å². The van der Waals surface area contributed by atoms with Gasteiger partial charge in [-0.1, -0.05) is 55.6 Å². The first-order valence-corrected chi connectivity index (χ1v) is 10.5. The number of imidazole rings is 1. The number of nitrogens with zero attached hydrogens (tertiary/aromatic N) is 2. The third-order valence-electron chi connectivity index (χ3n) is 6.32. The van der Waals surface area contributed by atoms with Gasteiger partial charge in [-0.15, -0.1) is 0 Å². The van der Waals surface area contributed by atoms with Crippen molar-refractivity contribution in [2.24, 2.45) is 0 Å². The van der Waals surface area contributed by atoms with Gasteiger partial charge in [0.05, 0.1) is 16.6 Å². The van der Waals surface area contributed by atoms with Crippen molar-refractivity contribution in [1.29, 1.82) is 0 Å². The van der Waals surface area contributed by atoms with E-state index in [4.69, 9.17) is 14.3 Å². The number of benzene rings is 4. The fraction of sp³-hybridized carbons (Fsp3) is 0. The molecule has 0 atom stereocenters. The van der Waals surface area contributed by atoms with Crippen molar-refractivity contribution in [1.82, 2.24) is 9.38 Å². The highest BCUT2D eigenvalue weighted by Crippen LogP contribution is 2.34. The second-order valence-electron chi connectivity index (χ2n) is 8.20. The summed E-state index contributed by atoms with van der Waals surface area (Å²) in [6.07, 6.45) is 0. The monoisotopic (exact) mass is 412 g/mol. The highest BCUT2D eigenvalue weighted by atomic mass is 16.6. The predicted molar refractivity (Wildman–Crippen MR) is 131 cm³/mol. The molecule has 0 aliphatic carbocycles. The van der Waals surface area contributed by atoms with Gasteiger partial charge in [-0.25, -0.2) is 4.98 Å². The zero-order valence-corrected chi connectivity index (χ0v) is 17.2. The lowest BCUT2D eigenvalue weighted by Gasteiger charge is -2.12. The van der Waals surface area contributed by atoms with Gasteiger partial charge in [0.25, 0.3) is 0 Å². The first-order chi connectivity index (χ1) is 15.7. The van der Waals surface area contributed by atoms with Crippen LogP contribution in [0.15, 0.2) is 104 Å². The van der Waals surface area contributed by atoms with E-state index in [0.29, 0.717) is 11.5 Å². The average molecular weight is 412 g/mol. The standard InChI is InChI=1S/C27H17BN2O2/c1-16-17(2)32-28(31-16)20-11-12-25-22(15-20)21-13-18-7-3-4-8-19(18)14-23(21)27-29-24-9-5-6-10-26(24)30(25)27/h3-15H,1-2H2. The third-order valence-corrected chi connectivity index (χ3v) is 6.32. The van der Waals surface area contributed by atoms with Crippen molar-refractivity contribution in [3.8, 4) is 0 Å². The highest BCUT2D eigenvalue weighted by Gasteiger charge is 2.34. The molecule has 0 amide bonds. The molecule has 32 heavy (non-hydrogen) atoms. The Hall–Kier alpha value is -4.25. The Labute approximate surface area is 184 Å². The van der Waals surface area contributed by atoms with Gasteiger partial charge in [0.1, 0.15) is 17.2 Å². The summed E-state index contributed by atoms with van der Waals surface area (Å²) in [5.41, 5.74) is 5.05. The molecule has 3 heterocycles. The Balaban J connectivity index is 1.66. The van der Waals surface area contributed by atoms with Crippen molar-refractivity contribution < 1.29 is 9.31 Å². The van der Waals surface area contributed by atoms with Crippen LogP contribution in [0.3, 0.4) is 0 Å². The Kier molecular flexibility index (Phi) is 3.35. The average Bonchev–Trinajstić information content (AvgIpc) is 3.38. The number of hydrogen-bond donors (Lipinski definition) is 0. The topological polar surface area (TPSA) is 35.8 Å². The van der Waals surface area contributed by atoms with E-state index in [2.05, 4.69) is 84.3 Å². The van der Waals surface area contributed by atoms with Gasteiger partial charge in [0.15, 0.2) is 0 Å². The number of para-hydroxylation sites is 2. The van der Waals surface area contributed by atoms with Gasteiger partial charge in [-0.05, 0) is 52.6 Å². The van der Waals surface area contributed by atoms with E-state index in [9.17, 15) is 0 Å². The number of fused-ring (bicyclic) bond motifs is 9. The summed E-state index contributed by atoms with van der Waals surface area (Å²) in [5, 5.41) is 5.78. The normalized spacial score (nSPS) is 14.2. The van der Waals surface area contributed by atoms with Crippen LogP contribution in [0.4, 0.5) is 0 Å². The molecule has 1 aliphatic rings. The summed E-state index contributed by atoms with van der Waals surface area (Å²) in [5.74, 6) is 0.948. The largest absolute Gasteiger partial charge is 0.632 e. The molecule has 0 radical (unpaired) electrons. The van der Waals surface area contributed by atoms with Crippen LogP contribution in [0.1, 0.15) is 0 Å². The number of rotatable bonds is 1. The second kappa shape index (κ2) is 6.14. The molecule has 5 heteroatoms. The SMILES string of the molecule is C=C1OB(c2ccc3c(c2)c2cc4ccccc4cc2c2nc4ccccc4n32)OC1=C. The van der Waals surface area contributed by atoms with Crippen LogP contribution in [0.5, 0.6) is 0 Å². The van der Waals surface area contributed by atoms with E-state index >= 15 is 0 Å². The van der Waals surface area contributed by atoms with Crippen LogP contribution < -0.4 is 5.46 Å². The lowest BCUT2D eigenvalue weighted by atomic mass is 9.78. The minimum atomic E-state index is -0.537. The summed E-state index contributed by atoms with van der Waals surface area (Å²) in [6, 6.07) is 27.5. The lowest BCUT2D eigenvalue weighted by Crippen LogP contribution is -2.31. The molecular weight excluding hydrogens is 395 g/mol. The van der Waals surface area contributed by atoms with Crippen molar-refractivity contribution in [3.05, 3.63) is 104 Å². The van der Waals surface area contributed by atoms with Crippen LogP contribution in [-0.2, 0) is 9.31 Å². The number of hydrogen-bond acceptors (Lipinski definition) is 3. The van der Waals surface area contributed by atoms with Gasteiger partial charge in [0.2, 0.25) is 0 Å². The quantitative estimate of drug-likeness (QED) is 0.197. The molecule has 6 aromatic rings. The van der Waals surface area contributed by atoms with Crippen LogP contribution in [-0.4, -0.2) is 16.5 Å². The van der Waals surface area contributed by atoms with Crippen LogP contribution in [0.2, 0.25) is 0 Å². The molecule has 150 valence electrons. The van der Waals surface area contributed by atoms with Crippen molar-refractivity contribution >= 4 is 61.7 Å². The van der Waals surface area contributed by atoms with Gasteiger partial charge >= 0.3 is 7.12 Å². The van der Waals surface area contributed by atoms with Crippen LogP contribution in [0, 0.1) is 0 Å². The molecule has 0 bridgehead atoms. The van der Waals surface area contributed by atoms with Crippen molar-refractivity contribution in [2.75, 3.05) is 0 Å². The van der Waals surface area contributed by atoms with Crippen molar-refractivity contribution in [2.45, 2.75) is 0 Å². The summed E-state index contributed by atoms with van der Waals surface area (Å²) >= 11 is 0. The molecular formula is C27H17BN2O2. The van der Waals surface area contributed by atoms with Gasteiger partial charge in [0, 0.05) is 16.2 Å². The second-order valence-corrected chi connectivity index (χ2v) is 8.20. The Morgan fingerprint density at radius 1 is 0.688 bits per heavy atom.